The van der Waals surface area contributed by atoms with E-state index >= 15 is 0 Å². The second kappa shape index (κ2) is 10.6. The number of fused-ring (bicyclic) bond motifs is 1. The van der Waals surface area contributed by atoms with Gasteiger partial charge in [0, 0.05) is 44.7 Å². The van der Waals surface area contributed by atoms with Crippen LogP contribution in [0, 0.1) is 0 Å². The van der Waals surface area contributed by atoms with Crippen molar-refractivity contribution >= 4 is 65.4 Å². The van der Waals surface area contributed by atoms with Crippen LogP contribution in [0.5, 0.6) is 5.75 Å². The van der Waals surface area contributed by atoms with Gasteiger partial charge in [-0.15, -0.1) is 11.3 Å². The molecule has 0 bridgehead atoms. The summed E-state index contributed by atoms with van der Waals surface area (Å²) in [5.41, 5.74) is 0.859. The average molecular weight is 612 g/mol. The summed E-state index contributed by atoms with van der Waals surface area (Å²) in [6, 6.07) is 10.9. The third-order valence-corrected chi connectivity index (χ3v) is 10.9. The van der Waals surface area contributed by atoms with Gasteiger partial charge in [-0.1, -0.05) is 23.7 Å². The van der Waals surface area contributed by atoms with Crippen LogP contribution in [0.4, 0.5) is 16.5 Å². The van der Waals surface area contributed by atoms with Crippen LogP contribution in [-0.4, -0.2) is 84.7 Å². The Balaban J connectivity index is 1.38. The number of thiazole rings is 1. The third kappa shape index (κ3) is 5.43. The van der Waals surface area contributed by atoms with E-state index in [1.807, 2.05) is 4.90 Å². The summed E-state index contributed by atoms with van der Waals surface area (Å²) >= 11 is 7.34. The number of rotatable bonds is 6. The lowest BCUT2D eigenvalue weighted by Gasteiger charge is -2.34. The minimum Gasteiger partial charge on any atom is -0.489 e. The molecule has 0 saturated carbocycles. The largest absolute Gasteiger partial charge is 0.489 e. The SMILES string of the molecule is CN(c1ccccc1C(=O)N1CCOc2cc(S(=O)(=O)N3CCN(c4nc(Cl)cs4)CC3)ccc21)S(C)(=O)=O. The van der Waals surface area contributed by atoms with Gasteiger partial charge in [0.05, 0.1) is 34.6 Å². The number of anilines is 3. The zero-order valence-corrected chi connectivity index (χ0v) is 24.4. The molecule has 0 spiro atoms. The Bertz CT molecular complexity index is 1620. The summed E-state index contributed by atoms with van der Waals surface area (Å²) in [5, 5.41) is 2.91. The highest BCUT2D eigenvalue weighted by Crippen LogP contribution is 2.37. The number of ether oxygens (including phenoxy) is 1. The number of aromatic nitrogens is 1. The lowest BCUT2D eigenvalue weighted by atomic mass is 10.1. The first kappa shape index (κ1) is 27.6. The van der Waals surface area contributed by atoms with Gasteiger partial charge in [-0.25, -0.2) is 21.8 Å². The van der Waals surface area contributed by atoms with Crippen molar-refractivity contribution in [3.63, 3.8) is 0 Å². The van der Waals surface area contributed by atoms with Crippen molar-refractivity contribution in [3.05, 3.63) is 58.6 Å². The van der Waals surface area contributed by atoms with Gasteiger partial charge in [0.1, 0.15) is 17.5 Å². The summed E-state index contributed by atoms with van der Waals surface area (Å²) < 4.78 is 59.4. The lowest BCUT2D eigenvalue weighted by Crippen LogP contribution is -2.48. The van der Waals surface area contributed by atoms with E-state index in [2.05, 4.69) is 4.98 Å². The first-order valence-corrected chi connectivity index (χ1v) is 16.5. The molecule has 208 valence electrons. The smallest absolute Gasteiger partial charge is 0.260 e. The molecule has 1 amide bonds. The van der Waals surface area contributed by atoms with Gasteiger partial charge < -0.3 is 14.5 Å². The summed E-state index contributed by atoms with van der Waals surface area (Å²) in [6.07, 6.45) is 1.06. The second-order valence-corrected chi connectivity index (χ2v) is 14.2. The highest BCUT2D eigenvalue weighted by molar-refractivity contribution is 7.92. The summed E-state index contributed by atoms with van der Waals surface area (Å²) in [7, 11) is -6.03. The topological polar surface area (TPSA) is 120 Å². The molecule has 0 radical (unpaired) electrons. The fourth-order valence-corrected chi connectivity index (χ4v) is 7.44. The highest BCUT2D eigenvalue weighted by atomic mass is 35.5. The Morgan fingerprint density at radius 1 is 1.05 bits per heavy atom. The molecular formula is C24H26ClN5O6S3. The van der Waals surface area contributed by atoms with Crippen molar-refractivity contribution < 1.29 is 26.4 Å². The van der Waals surface area contributed by atoms with Gasteiger partial charge >= 0.3 is 0 Å². The number of para-hydroxylation sites is 1. The average Bonchev–Trinajstić information content (AvgIpc) is 3.37. The standard InChI is InChI=1S/C24H26ClN5O6S3/c1-27(38(2,32)33)19-6-4-3-5-18(19)23(31)30-13-14-36-21-15-17(7-8-20(21)30)39(34,35)29-11-9-28(10-12-29)24-26-22(25)16-37-24/h3-8,15-16H,9-14H2,1-2H3. The van der Waals surface area contributed by atoms with Gasteiger partial charge in [0.15, 0.2) is 5.13 Å². The molecule has 39 heavy (non-hydrogen) atoms. The van der Waals surface area contributed by atoms with E-state index < -0.39 is 26.0 Å². The van der Waals surface area contributed by atoms with Crippen LogP contribution < -0.4 is 18.8 Å². The second-order valence-electron chi connectivity index (χ2n) is 9.03. The number of hydrogen-bond donors (Lipinski definition) is 0. The maximum Gasteiger partial charge on any atom is 0.260 e. The van der Waals surface area contributed by atoms with E-state index in [0.29, 0.717) is 23.9 Å². The Morgan fingerprint density at radius 3 is 2.44 bits per heavy atom. The normalized spacial score (nSPS) is 16.5. The Hall–Kier alpha value is -2.91. The van der Waals surface area contributed by atoms with Crippen LogP contribution >= 0.6 is 22.9 Å². The monoisotopic (exact) mass is 611 g/mol. The minimum atomic E-state index is -3.81. The molecule has 1 fully saturated rings. The summed E-state index contributed by atoms with van der Waals surface area (Å²) in [4.78, 5) is 21.4. The Kier molecular flexibility index (Phi) is 7.50. The van der Waals surface area contributed by atoms with Gasteiger partial charge in [-0.2, -0.15) is 4.31 Å². The first-order valence-electron chi connectivity index (χ1n) is 11.9. The zero-order chi connectivity index (χ0) is 27.9. The van der Waals surface area contributed by atoms with Crippen LogP contribution in [0.2, 0.25) is 5.15 Å². The first-order chi connectivity index (χ1) is 18.5. The zero-order valence-electron chi connectivity index (χ0n) is 21.1. The molecule has 0 unspecified atom stereocenters. The van der Waals surface area contributed by atoms with Gasteiger partial charge in [0.25, 0.3) is 5.91 Å². The molecule has 1 aromatic heterocycles. The molecule has 11 nitrogen and oxygen atoms in total. The quantitative estimate of drug-likeness (QED) is 0.417. The van der Waals surface area contributed by atoms with Gasteiger partial charge in [-0.3, -0.25) is 9.10 Å². The molecule has 2 aliphatic rings. The number of carbonyl (C=O) groups excluding carboxylic acids is 1. The number of amides is 1. The van der Waals surface area contributed by atoms with E-state index in [0.717, 1.165) is 15.7 Å². The highest BCUT2D eigenvalue weighted by Gasteiger charge is 2.33. The number of sulfonamides is 2. The number of piperazine rings is 1. The fraction of sp³-hybridized carbons (Fsp3) is 0.333. The number of benzene rings is 2. The van der Waals surface area contributed by atoms with E-state index in [-0.39, 0.29) is 48.1 Å². The van der Waals surface area contributed by atoms with Gasteiger partial charge in [0.2, 0.25) is 20.0 Å². The van der Waals surface area contributed by atoms with Crippen molar-refractivity contribution in [2.45, 2.75) is 4.90 Å². The third-order valence-electron chi connectivity index (χ3n) is 6.62. The molecule has 5 rings (SSSR count). The lowest BCUT2D eigenvalue weighted by molar-refractivity contribution is 0.0977. The van der Waals surface area contributed by atoms with E-state index in [9.17, 15) is 21.6 Å². The summed E-state index contributed by atoms with van der Waals surface area (Å²) in [5.74, 6) is -0.152. The van der Waals surface area contributed by atoms with Crippen LogP contribution in [0.25, 0.3) is 0 Å². The number of hydrogen-bond acceptors (Lipinski definition) is 9. The molecule has 0 N–H and O–H groups in total. The molecule has 3 heterocycles. The molecule has 0 aliphatic carbocycles. The predicted octanol–water partition coefficient (Wildman–Crippen LogP) is 2.74. The fourth-order valence-electron chi connectivity index (χ4n) is 4.48. The van der Waals surface area contributed by atoms with Crippen molar-refractivity contribution in [2.75, 3.05) is 66.7 Å². The molecule has 1 saturated heterocycles. The van der Waals surface area contributed by atoms with Crippen molar-refractivity contribution in [2.24, 2.45) is 0 Å². The van der Waals surface area contributed by atoms with Crippen LogP contribution in [-0.2, 0) is 20.0 Å². The van der Waals surface area contributed by atoms with Gasteiger partial charge in [-0.05, 0) is 24.3 Å². The molecular weight excluding hydrogens is 586 g/mol. The van der Waals surface area contributed by atoms with E-state index in [1.54, 1.807) is 35.7 Å². The van der Waals surface area contributed by atoms with Crippen molar-refractivity contribution in [1.29, 1.82) is 0 Å². The Labute approximate surface area is 236 Å². The molecule has 3 aromatic rings. The van der Waals surface area contributed by atoms with Crippen molar-refractivity contribution in [1.82, 2.24) is 9.29 Å². The summed E-state index contributed by atoms with van der Waals surface area (Å²) in [6.45, 7) is 1.90. The van der Waals surface area contributed by atoms with Crippen molar-refractivity contribution in [3.8, 4) is 5.75 Å². The number of halogens is 1. The minimum absolute atomic E-state index is 0.0681. The molecule has 2 aromatic carbocycles. The van der Waals surface area contributed by atoms with Crippen LogP contribution in [0.15, 0.2) is 52.7 Å². The predicted molar refractivity (Wildman–Crippen MR) is 151 cm³/mol. The molecule has 2 aliphatic heterocycles. The van der Waals surface area contributed by atoms with E-state index in [1.165, 1.54) is 39.7 Å². The molecule has 0 atom stereocenters. The van der Waals surface area contributed by atoms with E-state index in [4.69, 9.17) is 16.3 Å². The Morgan fingerprint density at radius 2 is 1.77 bits per heavy atom. The molecule has 15 heteroatoms. The number of carbonyl (C=O) groups is 1. The maximum absolute atomic E-state index is 13.6. The maximum atomic E-state index is 13.6. The van der Waals surface area contributed by atoms with Crippen LogP contribution in [0.3, 0.4) is 0 Å². The van der Waals surface area contributed by atoms with Crippen LogP contribution in [0.1, 0.15) is 10.4 Å². The number of nitrogens with zero attached hydrogens (tertiary/aromatic N) is 5.